The minimum atomic E-state index is -0.746. The van der Waals surface area contributed by atoms with E-state index in [0.717, 1.165) is 32.7 Å². The molecule has 5 heteroatoms. The average Bonchev–Trinajstić information content (AvgIpc) is 3.02. The fourth-order valence-corrected chi connectivity index (χ4v) is 3.72. The molecule has 1 aliphatic heterocycles. The Morgan fingerprint density at radius 2 is 1.54 bits per heavy atom. The van der Waals surface area contributed by atoms with Gasteiger partial charge >= 0.3 is 5.97 Å². The van der Waals surface area contributed by atoms with Gasteiger partial charge in [0.15, 0.2) is 0 Å². The smallest absolute Gasteiger partial charge is 0.317 e. The zero-order chi connectivity index (χ0) is 17.9. The molecular formula is C21H23N3O2. The molecule has 0 aliphatic carbocycles. The van der Waals surface area contributed by atoms with E-state index >= 15 is 0 Å². The molecule has 134 valence electrons. The minimum Gasteiger partial charge on any atom is -0.480 e. The highest BCUT2D eigenvalue weighted by molar-refractivity contribution is 5.85. The van der Waals surface area contributed by atoms with Gasteiger partial charge in [-0.05, 0) is 23.8 Å². The summed E-state index contributed by atoms with van der Waals surface area (Å²) in [6, 6.07) is 18.9. The van der Waals surface area contributed by atoms with Crippen molar-refractivity contribution in [2.75, 3.05) is 32.7 Å². The topological polar surface area (TPSA) is 48.7 Å². The number of hydrogen-bond acceptors (Lipinski definition) is 3. The Hall–Kier alpha value is -2.63. The highest BCUT2D eigenvalue weighted by Gasteiger charge is 2.20. The summed E-state index contributed by atoms with van der Waals surface area (Å²) in [6.45, 7) is 4.45. The third-order valence-corrected chi connectivity index (χ3v) is 5.05. The predicted molar refractivity (Wildman–Crippen MR) is 103 cm³/mol. The molecule has 4 rings (SSSR count). The van der Waals surface area contributed by atoms with Crippen LogP contribution in [-0.4, -0.2) is 58.2 Å². The van der Waals surface area contributed by atoms with Crippen LogP contribution in [0.1, 0.15) is 5.56 Å². The molecule has 1 aromatic heterocycles. The number of nitrogens with zero attached hydrogens (tertiary/aromatic N) is 3. The van der Waals surface area contributed by atoms with E-state index in [2.05, 4.69) is 64.2 Å². The fraction of sp³-hybridized carbons (Fsp3) is 0.286. The molecule has 5 nitrogen and oxygen atoms in total. The maximum Gasteiger partial charge on any atom is 0.317 e. The fourth-order valence-electron chi connectivity index (χ4n) is 3.72. The number of rotatable bonds is 5. The van der Waals surface area contributed by atoms with Crippen LogP contribution in [-0.2, 0) is 11.3 Å². The quantitative estimate of drug-likeness (QED) is 0.769. The third kappa shape index (κ3) is 3.49. The predicted octanol–water partition coefficient (Wildman–Crippen LogP) is 2.83. The largest absolute Gasteiger partial charge is 0.480 e. The number of para-hydroxylation sites is 2. The van der Waals surface area contributed by atoms with Crippen LogP contribution in [0.3, 0.4) is 0 Å². The van der Waals surface area contributed by atoms with Gasteiger partial charge in [0, 0.05) is 50.0 Å². The normalized spacial score (nSPS) is 16.2. The Balaban J connectivity index is 1.55. The molecular weight excluding hydrogens is 326 g/mol. The lowest BCUT2D eigenvalue weighted by atomic mass is 10.1. The number of fused-ring (bicyclic) bond motifs is 1. The second-order valence-electron chi connectivity index (χ2n) is 6.82. The van der Waals surface area contributed by atoms with Gasteiger partial charge in [-0.25, -0.2) is 0 Å². The van der Waals surface area contributed by atoms with Gasteiger partial charge in [-0.3, -0.25) is 14.6 Å². The van der Waals surface area contributed by atoms with Gasteiger partial charge in [-0.1, -0.05) is 36.4 Å². The molecule has 0 radical (unpaired) electrons. The van der Waals surface area contributed by atoms with Crippen LogP contribution in [0.4, 0.5) is 0 Å². The Labute approximate surface area is 153 Å². The van der Waals surface area contributed by atoms with Crippen molar-refractivity contribution in [2.24, 2.45) is 0 Å². The standard InChI is InChI=1S/C21H23N3O2/c25-21(26)16-23-12-10-22(11-13-23)14-17-15-24(18-6-2-1-3-7-18)20-9-5-4-8-19(17)20/h1-9,15H,10-14,16H2,(H,25,26). The molecule has 0 bridgehead atoms. The Morgan fingerprint density at radius 1 is 0.885 bits per heavy atom. The van der Waals surface area contributed by atoms with Crippen molar-refractivity contribution in [2.45, 2.75) is 6.54 Å². The Morgan fingerprint density at radius 3 is 2.27 bits per heavy atom. The monoisotopic (exact) mass is 349 g/mol. The molecule has 0 unspecified atom stereocenters. The van der Waals surface area contributed by atoms with Gasteiger partial charge < -0.3 is 9.67 Å². The van der Waals surface area contributed by atoms with Crippen molar-refractivity contribution in [3.63, 3.8) is 0 Å². The molecule has 1 aliphatic rings. The van der Waals surface area contributed by atoms with Crippen LogP contribution in [0.5, 0.6) is 0 Å². The summed E-state index contributed by atoms with van der Waals surface area (Å²) in [5, 5.41) is 10.2. The van der Waals surface area contributed by atoms with Crippen LogP contribution in [0, 0.1) is 0 Å². The van der Waals surface area contributed by atoms with Crippen molar-refractivity contribution in [1.82, 2.24) is 14.4 Å². The average molecular weight is 349 g/mol. The number of piperazine rings is 1. The summed E-state index contributed by atoms with van der Waals surface area (Å²) in [5.41, 5.74) is 3.70. The van der Waals surface area contributed by atoms with E-state index in [-0.39, 0.29) is 6.54 Å². The summed E-state index contributed by atoms with van der Waals surface area (Å²) < 4.78 is 2.26. The van der Waals surface area contributed by atoms with Crippen LogP contribution < -0.4 is 0 Å². The summed E-state index contributed by atoms with van der Waals surface area (Å²) in [6.07, 6.45) is 2.24. The number of carbonyl (C=O) groups is 1. The van der Waals surface area contributed by atoms with Gasteiger partial charge in [0.2, 0.25) is 0 Å². The molecule has 0 atom stereocenters. The van der Waals surface area contributed by atoms with E-state index in [1.54, 1.807) is 0 Å². The van der Waals surface area contributed by atoms with Crippen molar-refractivity contribution in [3.05, 3.63) is 66.4 Å². The zero-order valence-electron chi connectivity index (χ0n) is 14.7. The maximum atomic E-state index is 10.9. The number of aromatic nitrogens is 1. The SMILES string of the molecule is O=C(O)CN1CCN(Cc2cn(-c3ccccc3)c3ccccc23)CC1. The molecule has 0 spiro atoms. The van der Waals surface area contributed by atoms with Crippen LogP contribution in [0.2, 0.25) is 0 Å². The van der Waals surface area contributed by atoms with Gasteiger partial charge in [0.05, 0.1) is 12.1 Å². The number of carboxylic acid groups (broad SMARTS) is 1. The van der Waals surface area contributed by atoms with Crippen molar-refractivity contribution in [1.29, 1.82) is 0 Å². The highest BCUT2D eigenvalue weighted by Crippen LogP contribution is 2.26. The first-order valence-electron chi connectivity index (χ1n) is 9.01. The third-order valence-electron chi connectivity index (χ3n) is 5.05. The van der Waals surface area contributed by atoms with Gasteiger partial charge in [0.25, 0.3) is 0 Å². The van der Waals surface area contributed by atoms with Crippen molar-refractivity contribution in [3.8, 4) is 5.69 Å². The first-order chi connectivity index (χ1) is 12.7. The lowest BCUT2D eigenvalue weighted by Crippen LogP contribution is -2.47. The minimum absolute atomic E-state index is 0.140. The lowest BCUT2D eigenvalue weighted by Gasteiger charge is -2.33. The number of aliphatic carboxylic acids is 1. The van der Waals surface area contributed by atoms with E-state index in [4.69, 9.17) is 5.11 Å². The first kappa shape index (κ1) is 16.8. The summed E-state index contributed by atoms with van der Waals surface area (Å²) >= 11 is 0. The van der Waals surface area contributed by atoms with Crippen molar-refractivity contribution >= 4 is 16.9 Å². The van der Waals surface area contributed by atoms with Crippen LogP contribution in [0.25, 0.3) is 16.6 Å². The van der Waals surface area contributed by atoms with Crippen LogP contribution >= 0.6 is 0 Å². The van der Waals surface area contributed by atoms with Crippen LogP contribution in [0.15, 0.2) is 60.8 Å². The summed E-state index contributed by atoms with van der Waals surface area (Å²) in [5.74, 6) is -0.746. The molecule has 26 heavy (non-hydrogen) atoms. The second-order valence-corrected chi connectivity index (χ2v) is 6.82. The Bertz CT molecular complexity index is 896. The second kappa shape index (κ2) is 7.32. The first-order valence-corrected chi connectivity index (χ1v) is 9.01. The number of benzene rings is 2. The molecule has 1 N–H and O–H groups in total. The molecule has 2 aromatic carbocycles. The zero-order valence-corrected chi connectivity index (χ0v) is 14.7. The van der Waals surface area contributed by atoms with Gasteiger partial charge in [-0.15, -0.1) is 0 Å². The molecule has 1 fully saturated rings. The lowest BCUT2D eigenvalue weighted by molar-refractivity contribution is -0.138. The van der Waals surface area contributed by atoms with E-state index in [9.17, 15) is 4.79 Å². The van der Waals surface area contributed by atoms with E-state index in [1.807, 2.05) is 11.0 Å². The molecule has 2 heterocycles. The molecule has 3 aromatic rings. The molecule has 1 saturated heterocycles. The maximum absolute atomic E-state index is 10.9. The van der Waals surface area contributed by atoms with Crippen molar-refractivity contribution < 1.29 is 9.90 Å². The highest BCUT2D eigenvalue weighted by atomic mass is 16.4. The van der Waals surface area contributed by atoms with Gasteiger partial charge in [0.1, 0.15) is 0 Å². The summed E-state index contributed by atoms with van der Waals surface area (Å²) in [7, 11) is 0. The molecule has 0 amide bonds. The van der Waals surface area contributed by atoms with E-state index < -0.39 is 5.97 Å². The van der Waals surface area contributed by atoms with E-state index in [0.29, 0.717) is 0 Å². The summed E-state index contributed by atoms with van der Waals surface area (Å²) in [4.78, 5) is 15.3. The van der Waals surface area contributed by atoms with Gasteiger partial charge in [-0.2, -0.15) is 0 Å². The number of hydrogen-bond donors (Lipinski definition) is 1. The van der Waals surface area contributed by atoms with E-state index in [1.165, 1.54) is 22.2 Å². The molecule has 0 saturated carbocycles. The Kier molecular flexibility index (Phi) is 4.73. The number of carboxylic acids is 1.